The molecule has 0 amide bonds. The number of aromatic nitrogens is 1. The largest absolute Gasteiger partial charge is 0.480 e. The lowest BCUT2D eigenvalue weighted by atomic mass is 10.4. The number of carbonyl (C=O) groups is 1. The van der Waals surface area contributed by atoms with Crippen molar-refractivity contribution in [2.45, 2.75) is 11.8 Å². The van der Waals surface area contributed by atoms with Gasteiger partial charge in [-0.1, -0.05) is 11.6 Å². The van der Waals surface area contributed by atoms with Gasteiger partial charge in [0.2, 0.25) is 0 Å². The maximum atomic E-state index is 10.4. The van der Waals surface area contributed by atoms with Crippen LogP contribution in [0.2, 0.25) is 4.47 Å². The number of carboxylic acid groups (broad SMARTS) is 1. The Balaban J connectivity index is 2.25. The van der Waals surface area contributed by atoms with Gasteiger partial charge in [0.25, 0.3) is 0 Å². The molecule has 1 rings (SSSR count). The number of thioether (sulfide) groups is 1. The van der Waals surface area contributed by atoms with E-state index in [9.17, 15) is 4.79 Å². The Hall–Kier alpha value is -0.300. The monoisotopic (exact) mass is 252 g/mol. The SMILES string of the molecule is N[C@H](CSCc1cnc(Cl)s1)C(=O)O. The predicted molar refractivity (Wildman–Crippen MR) is 58.9 cm³/mol. The van der Waals surface area contributed by atoms with Crippen LogP contribution in [0.25, 0.3) is 0 Å². The van der Waals surface area contributed by atoms with E-state index in [0.717, 1.165) is 4.88 Å². The molecule has 3 N–H and O–H groups in total. The molecule has 0 fully saturated rings. The zero-order valence-corrected chi connectivity index (χ0v) is 9.53. The summed E-state index contributed by atoms with van der Waals surface area (Å²) in [6.45, 7) is 0. The minimum atomic E-state index is -0.972. The minimum absolute atomic E-state index is 0.394. The number of nitrogens with zero attached hydrogens (tertiary/aromatic N) is 1. The molecule has 4 nitrogen and oxygen atoms in total. The summed E-state index contributed by atoms with van der Waals surface area (Å²) in [5.41, 5.74) is 5.33. The van der Waals surface area contributed by atoms with Crippen molar-refractivity contribution in [1.29, 1.82) is 0 Å². The third-order valence-corrected chi connectivity index (χ3v) is 3.79. The highest BCUT2D eigenvalue weighted by atomic mass is 35.5. The van der Waals surface area contributed by atoms with Crippen LogP contribution < -0.4 is 5.73 Å². The molecular weight excluding hydrogens is 244 g/mol. The average molecular weight is 253 g/mol. The topological polar surface area (TPSA) is 76.2 Å². The summed E-state index contributed by atoms with van der Waals surface area (Å²) < 4.78 is 0.503. The molecule has 0 aliphatic rings. The second-order valence-corrected chi connectivity index (χ2v) is 5.27. The molecular formula is C7H9ClN2O2S2. The van der Waals surface area contributed by atoms with Crippen LogP contribution in [-0.2, 0) is 10.5 Å². The Labute approximate surface area is 94.5 Å². The zero-order valence-electron chi connectivity index (χ0n) is 7.14. The maximum Gasteiger partial charge on any atom is 0.321 e. The van der Waals surface area contributed by atoms with Gasteiger partial charge >= 0.3 is 5.97 Å². The number of halogens is 1. The number of rotatable bonds is 5. The van der Waals surface area contributed by atoms with E-state index in [-0.39, 0.29) is 0 Å². The van der Waals surface area contributed by atoms with Crippen LogP contribution >= 0.6 is 34.7 Å². The molecule has 0 bridgehead atoms. The predicted octanol–water partition coefficient (Wildman–Crippen LogP) is 1.44. The quantitative estimate of drug-likeness (QED) is 0.829. The van der Waals surface area contributed by atoms with Gasteiger partial charge in [-0.25, -0.2) is 4.98 Å². The molecule has 1 aromatic rings. The highest BCUT2D eigenvalue weighted by molar-refractivity contribution is 7.98. The van der Waals surface area contributed by atoms with Gasteiger partial charge in [0.05, 0.1) is 0 Å². The van der Waals surface area contributed by atoms with Crippen molar-refractivity contribution in [2.75, 3.05) is 5.75 Å². The summed E-state index contributed by atoms with van der Waals surface area (Å²) in [5, 5.41) is 8.51. The number of thiazole rings is 1. The van der Waals surface area contributed by atoms with Crippen LogP contribution in [0.5, 0.6) is 0 Å². The van der Waals surface area contributed by atoms with Gasteiger partial charge in [-0.3, -0.25) is 4.79 Å². The van der Waals surface area contributed by atoms with Gasteiger partial charge in [-0.15, -0.1) is 11.3 Å². The summed E-state index contributed by atoms with van der Waals surface area (Å²) in [4.78, 5) is 15.3. The first-order valence-electron chi connectivity index (χ1n) is 3.76. The molecule has 0 saturated heterocycles. The van der Waals surface area contributed by atoms with Crippen molar-refractivity contribution in [3.8, 4) is 0 Å². The van der Waals surface area contributed by atoms with Gasteiger partial charge < -0.3 is 10.8 Å². The number of nitrogens with two attached hydrogens (primary N) is 1. The molecule has 0 aliphatic heterocycles. The van der Waals surface area contributed by atoms with Gasteiger partial charge in [0.1, 0.15) is 6.04 Å². The first-order chi connectivity index (χ1) is 6.59. The maximum absolute atomic E-state index is 10.4. The third kappa shape index (κ3) is 3.83. The van der Waals surface area contributed by atoms with E-state index in [1.54, 1.807) is 6.20 Å². The number of carboxylic acids is 1. The Morgan fingerprint density at radius 1 is 1.86 bits per heavy atom. The smallest absolute Gasteiger partial charge is 0.321 e. The fourth-order valence-corrected chi connectivity index (χ4v) is 2.76. The van der Waals surface area contributed by atoms with Gasteiger partial charge in [0.15, 0.2) is 4.47 Å². The van der Waals surface area contributed by atoms with E-state index < -0.39 is 12.0 Å². The van der Waals surface area contributed by atoms with Crippen LogP contribution in [0.15, 0.2) is 6.20 Å². The zero-order chi connectivity index (χ0) is 10.6. The molecule has 1 heterocycles. The van der Waals surface area contributed by atoms with Crippen molar-refractivity contribution in [3.05, 3.63) is 15.5 Å². The first kappa shape index (κ1) is 11.8. The van der Waals surface area contributed by atoms with Crippen LogP contribution in [0.4, 0.5) is 0 Å². The molecule has 0 spiro atoms. The van der Waals surface area contributed by atoms with Crippen LogP contribution in [0, 0.1) is 0 Å². The van der Waals surface area contributed by atoms with E-state index in [1.165, 1.54) is 23.1 Å². The molecule has 1 atom stereocenters. The van der Waals surface area contributed by atoms with Crippen molar-refractivity contribution in [2.24, 2.45) is 5.73 Å². The number of hydrogen-bond acceptors (Lipinski definition) is 5. The van der Waals surface area contributed by atoms with Crippen molar-refractivity contribution >= 4 is 40.7 Å². The third-order valence-electron chi connectivity index (χ3n) is 1.38. The van der Waals surface area contributed by atoms with Crippen molar-refractivity contribution < 1.29 is 9.90 Å². The molecule has 0 aromatic carbocycles. The first-order valence-corrected chi connectivity index (χ1v) is 6.11. The Morgan fingerprint density at radius 3 is 3.07 bits per heavy atom. The van der Waals surface area contributed by atoms with Crippen LogP contribution in [-0.4, -0.2) is 27.9 Å². The summed E-state index contributed by atoms with van der Waals surface area (Å²) in [6, 6.07) is -0.802. The lowest BCUT2D eigenvalue weighted by Gasteiger charge is -2.03. The molecule has 0 radical (unpaired) electrons. The molecule has 7 heteroatoms. The van der Waals surface area contributed by atoms with E-state index >= 15 is 0 Å². The van der Waals surface area contributed by atoms with Crippen molar-refractivity contribution in [3.63, 3.8) is 0 Å². The Morgan fingerprint density at radius 2 is 2.57 bits per heavy atom. The molecule has 0 saturated carbocycles. The Bertz CT molecular complexity index is 318. The average Bonchev–Trinajstić information content (AvgIpc) is 2.51. The highest BCUT2D eigenvalue weighted by Crippen LogP contribution is 2.22. The lowest BCUT2D eigenvalue weighted by molar-refractivity contribution is -0.137. The molecule has 78 valence electrons. The summed E-state index contributed by atoms with van der Waals surface area (Å²) in [6.07, 6.45) is 1.69. The van der Waals surface area contributed by atoms with E-state index in [0.29, 0.717) is 16.0 Å². The Kier molecular flexibility index (Phi) is 4.67. The van der Waals surface area contributed by atoms with Gasteiger partial charge in [0, 0.05) is 22.6 Å². The van der Waals surface area contributed by atoms with Crippen LogP contribution in [0.3, 0.4) is 0 Å². The summed E-state index contributed by atoms with van der Waals surface area (Å²) >= 11 is 8.49. The fourth-order valence-electron chi connectivity index (χ4n) is 0.708. The standard InChI is InChI=1S/C7H9ClN2O2S2/c8-7-10-1-4(14-7)2-13-3-5(9)6(11)12/h1,5H,2-3,9H2,(H,11,12)/t5-/m1/s1. The highest BCUT2D eigenvalue weighted by Gasteiger charge is 2.11. The lowest BCUT2D eigenvalue weighted by Crippen LogP contribution is -2.32. The van der Waals surface area contributed by atoms with E-state index in [4.69, 9.17) is 22.4 Å². The fraction of sp³-hybridized carbons (Fsp3) is 0.429. The molecule has 1 aromatic heterocycles. The van der Waals surface area contributed by atoms with Gasteiger partial charge in [-0.05, 0) is 0 Å². The molecule has 14 heavy (non-hydrogen) atoms. The second-order valence-electron chi connectivity index (χ2n) is 2.54. The van der Waals surface area contributed by atoms with E-state index in [1.807, 2.05) is 0 Å². The summed E-state index contributed by atoms with van der Waals surface area (Å²) in [7, 11) is 0. The second kappa shape index (κ2) is 5.55. The number of hydrogen-bond donors (Lipinski definition) is 2. The summed E-state index contributed by atoms with van der Waals surface area (Å²) in [5.74, 6) is 0.121. The normalized spacial score (nSPS) is 12.7. The van der Waals surface area contributed by atoms with E-state index in [2.05, 4.69) is 4.98 Å². The molecule has 0 unspecified atom stereocenters. The van der Waals surface area contributed by atoms with Gasteiger partial charge in [-0.2, -0.15) is 11.8 Å². The minimum Gasteiger partial charge on any atom is -0.480 e. The van der Waals surface area contributed by atoms with Crippen molar-refractivity contribution in [1.82, 2.24) is 4.98 Å². The number of aliphatic carboxylic acids is 1. The molecule has 0 aliphatic carbocycles. The van der Waals surface area contributed by atoms with Crippen LogP contribution in [0.1, 0.15) is 4.88 Å².